The first-order valence-electron chi connectivity index (χ1n) is 9.90. The molecule has 0 aliphatic carbocycles. The van der Waals surface area contributed by atoms with Crippen molar-refractivity contribution < 1.29 is 13.9 Å². The van der Waals surface area contributed by atoms with E-state index in [1.54, 1.807) is 25.3 Å². The SMILES string of the molecule is C=CCOc1ccc(/C=c2\sc3nc(-c4oc5ccccc5c4C)nn3c2=O)cc1OC. The highest BCUT2D eigenvalue weighted by atomic mass is 32.1. The van der Waals surface area contributed by atoms with Gasteiger partial charge in [-0.05, 0) is 36.8 Å². The van der Waals surface area contributed by atoms with Crippen LogP contribution in [0.25, 0.3) is 33.6 Å². The molecule has 0 aliphatic rings. The summed E-state index contributed by atoms with van der Waals surface area (Å²) in [5.74, 6) is 2.17. The summed E-state index contributed by atoms with van der Waals surface area (Å²) in [5, 5.41) is 5.42. The van der Waals surface area contributed by atoms with Gasteiger partial charge in [-0.2, -0.15) is 9.50 Å². The van der Waals surface area contributed by atoms with Gasteiger partial charge in [0.05, 0.1) is 11.6 Å². The van der Waals surface area contributed by atoms with Gasteiger partial charge in [0.1, 0.15) is 12.2 Å². The maximum atomic E-state index is 12.9. The molecule has 0 N–H and O–H groups in total. The minimum atomic E-state index is -0.233. The fourth-order valence-corrected chi connectivity index (χ4v) is 4.42. The van der Waals surface area contributed by atoms with Crippen LogP contribution in [-0.4, -0.2) is 28.3 Å². The Kier molecular flexibility index (Phi) is 4.99. The molecule has 0 aliphatic heterocycles. The number of benzene rings is 2. The number of ether oxygens (including phenoxy) is 2. The third kappa shape index (κ3) is 3.34. The molecule has 0 spiro atoms. The number of aromatic nitrogens is 3. The molecule has 0 fully saturated rings. The van der Waals surface area contributed by atoms with Crippen LogP contribution in [0, 0.1) is 6.92 Å². The highest BCUT2D eigenvalue weighted by molar-refractivity contribution is 7.15. The van der Waals surface area contributed by atoms with Crippen molar-refractivity contribution in [2.45, 2.75) is 6.92 Å². The molecule has 0 radical (unpaired) electrons. The molecular formula is C24H19N3O4S. The van der Waals surface area contributed by atoms with Crippen molar-refractivity contribution in [1.82, 2.24) is 14.6 Å². The Morgan fingerprint density at radius 2 is 2.06 bits per heavy atom. The monoisotopic (exact) mass is 445 g/mol. The lowest BCUT2D eigenvalue weighted by atomic mass is 10.1. The smallest absolute Gasteiger partial charge is 0.291 e. The quantitative estimate of drug-likeness (QED) is 0.368. The van der Waals surface area contributed by atoms with Gasteiger partial charge in [0.25, 0.3) is 5.56 Å². The van der Waals surface area contributed by atoms with Gasteiger partial charge in [-0.1, -0.05) is 48.3 Å². The first kappa shape index (κ1) is 20.0. The lowest BCUT2D eigenvalue weighted by Crippen LogP contribution is -2.23. The number of para-hydroxylation sites is 1. The van der Waals surface area contributed by atoms with E-state index in [4.69, 9.17) is 13.9 Å². The van der Waals surface area contributed by atoms with Crippen LogP contribution in [0.2, 0.25) is 0 Å². The van der Waals surface area contributed by atoms with Crippen molar-refractivity contribution in [3.05, 3.63) is 81.1 Å². The highest BCUT2D eigenvalue weighted by Gasteiger charge is 2.19. The lowest BCUT2D eigenvalue weighted by Gasteiger charge is -2.09. The largest absolute Gasteiger partial charge is 0.493 e. The molecule has 0 atom stereocenters. The van der Waals surface area contributed by atoms with E-state index in [2.05, 4.69) is 16.7 Å². The maximum Gasteiger partial charge on any atom is 0.291 e. The topological polar surface area (TPSA) is 78.9 Å². The first-order chi connectivity index (χ1) is 15.6. The normalized spacial score (nSPS) is 12.0. The van der Waals surface area contributed by atoms with E-state index < -0.39 is 0 Å². The van der Waals surface area contributed by atoms with E-state index in [-0.39, 0.29) is 5.56 Å². The number of nitrogens with zero attached hydrogens (tertiary/aromatic N) is 3. The number of methoxy groups -OCH3 is 1. The van der Waals surface area contributed by atoms with E-state index in [0.717, 1.165) is 22.1 Å². The number of hydrogen-bond donors (Lipinski definition) is 0. The Morgan fingerprint density at radius 3 is 2.81 bits per heavy atom. The van der Waals surface area contributed by atoms with E-state index in [0.29, 0.717) is 39.2 Å². The summed E-state index contributed by atoms with van der Waals surface area (Å²) in [5.41, 5.74) is 2.29. The van der Waals surface area contributed by atoms with Crippen molar-refractivity contribution in [1.29, 1.82) is 0 Å². The van der Waals surface area contributed by atoms with Gasteiger partial charge in [-0.15, -0.1) is 5.10 Å². The van der Waals surface area contributed by atoms with Crippen LogP contribution in [0.1, 0.15) is 11.1 Å². The number of thiazole rings is 1. The van der Waals surface area contributed by atoms with Crippen LogP contribution in [0.5, 0.6) is 11.5 Å². The fraction of sp³-hybridized carbons (Fsp3) is 0.125. The van der Waals surface area contributed by atoms with Crippen LogP contribution < -0.4 is 19.6 Å². The Hall–Kier alpha value is -3.91. The number of aryl methyl sites for hydroxylation is 1. The molecule has 0 amide bonds. The molecule has 3 aromatic heterocycles. The summed E-state index contributed by atoms with van der Waals surface area (Å²) < 4.78 is 18.8. The molecule has 0 bridgehead atoms. The van der Waals surface area contributed by atoms with E-state index in [1.165, 1.54) is 15.9 Å². The Labute approximate surface area is 186 Å². The van der Waals surface area contributed by atoms with Crippen LogP contribution in [0.15, 0.2) is 64.3 Å². The molecule has 0 saturated heterocycles. The number of furan rings is 1. The Morgan fingerprint density at radius 1 is 1.22 bits per heavy atom. The molecule has 3 heterocycles. The molecule has 0 unspecified atom stereocenters. The number of hydrogen-bond acceptors (Lipinski definition) is 7. The van der Waals surface area contributed by atoms with Crippen LogP contribution >= 0.6 is 11.3 Å². The van der Waals surface area contributed by atoms with Crippen molar-refractivity contribution in [3.8, 4) is 23.1 Å². The highest BCUT2D eigenvalue weighted by Crippen LogP contribution is 2.31. The van der Waals surface area contributed by atoms with Gasteiger partial charge in [-0.3, -0.25) is 4.79 Å². The molecule has 32 heavy (non-hydrogen) atoms. The van der Waals surface area contributed by atoms with Crippen LogP contribution in [0.4, 0.5) is 0 Å². The molecule has 160 valence electrons. The average Bonchev–Trinajstić information content (AvgIpc) is 3.46. The average molecular weight is 446 g/mol. The molecular weight excluding hydrogens is 426 g/mol. The van der Waals surface area contributed by atoms with Gasteiger partial charge in [0.2, 0.25) is 10.8 Å². The van der Waals surface area contributed by atoms with Crippen LogP contribution in [-0.2, 0) is 0 Å². The second kappa shape index (κ2) is 7.97. The third-order valence-electron chi connectivity index (χ3n) is 5.07. The minimum Gasteiger partial charge on any atom is -0.493 e. The van der Waals surface area contributed by atoms with E-state index in [9.17, 15) is 4.79 Å². The fourth-order valence-electron chi connectivity index (χ4n) is 3.51. The minimum absolute atomic E-state index is 0.233. The Bertz CT molecular complexity index is 1580. The predicted molar refractivity (Wildman–Crippen MR) is 125 cm³/mol. The lowest BCUT2D eigenvalue weighted by molar-refractivity contribution is 0.326. The molecule has 7 nitrogen and oxygen atoms in total. The zero-order valence-corrected chi connectivity index (χ0v) is 18.3. The molecule has 8 heteroatoms. The second-order valence-corrected chi connectivity index (χ2v) is 8.12. The summed E-state index contributed by atoms with van der Waals surface area (Å²) in [7, 11) is 1.57. The van der Waals surface area contributed by atoms with E-state index >= 15 is 0 Å². The van der Waals surface area contributed by atoms with Gasteiger partial charge in [0.15, 0.2) is 17.3 Å². The Balaban J connectivity index is 1.54. The zero-order chi connectivity index (χ0) is 22.2. The predicted octanol–water partition coefficient (Wildman–Crippen LogP) is 3.99. The van der Waals surface area contributed by atoms with Crippen LogP contribution in [0.3, 0.4) is 0 Å². The van der Waals surface area contributed by atoms with Gasteiger partial charge >= 0.3 is 0 Å². The molecule has 0 saturated carbocycles. The molecule has 5 aromatic rings. The van der Waals surface area contributed by atoms with Gasteiger partial charge in [0, 0.05) is 10.9 Å². The van der Waals surface area contributed by atoms with Gasteiger partial charge < -0.3 is 13.9 Å². The molecule has 5 rings (SSSR count). The van der Waals surface area contributed by atoms with Gasteiger partial charge in [-0.25, -0.2) is 0 Å². The summed E-state index contributed by atoms with van der Waals surface area (Å²) in [6, 6.07) is 13.2. The summed E-state index contributed by atoms with van der Waals surface area (Å²) in [6.45, 7) is 5.99. The van der Waals surface area contributed by atoms with Crippen molar-refractivity contribution in [2.24, 2.45) is 0 Å². The molecule has 2 aromatic carbocycles. The van der Waals surface area contributed by atoms with Crippen molar-refractivity contribution in [2.75, 3.05) is 13.7 Å². The summed E-state index contributed by atoms with van der Waals surface area (Å²) in [6.07, 6.45) is 3.45. The maximum absolute atomic E-state index is 12.9. The third-order valence-corrected chi connectivity index (χ3v) is 6.03. The van der Waals surface area contributed by atoms with Crippen molar-refractivity contribution >= 4 is 33.3 Å². The van der Waals surface area contributed by atoms with Crippen molar-refractivity contribution in [3.63, 3.8) is 0 Å². The summed E-state index contributed by atoms with van der Waals surface area (Å²) >= 11 is 1.27. The zero-order valence-electron chi connectivity index (χ0n) is 17.5. The standard InChI is InChI=1S/C24H19N3O4S/c1-4-11-30-18-10-9-15(12-19(18)29-3)13-20-23(28)27-24(32-20)25-22(26-27)21-14(2)16-7-5-6-8-17(16)31-21/h4-10,12-13H,1,11H2,2-3H3/b20-13-. The van der Waals surface area contributed by atoms with E-state index in [1.807, 2.05) is 43.3 Å². The number of rotatable bonds is 6. The number of fused-ring (bicyclic) bond motifs is 2. The second-order valence-electron chi connectivity index (χ2n) is 7.11. The first-order valence-corrected chi connectivity index (χ1v) is 10.7. The summed E-state index contributed by atoms with van der Waals surface area (Å²) in [4.78, 5) is 18.0.